The number of aromatic hydroxyl groups is 1. The molecule has 3 aromatic carbocycles. The molecule has 2 N–H and O–H groups in total. The Hall–Kier alpha value is -3.47. The van der Waals surface area contributed by atoms with Crippen molar-refractivity contribution in [2.45, 2.75) is 0 Å². The van der Waals surface area contributed by atoms with Gasteiger partial charge in [0.25, 0.3) is 0 Å². The Bertz CT molecular complexity index is 846. The highest BCUT2D eigenvalue weighted by Gasteiger charge is 2.03. The third-order valence-corrected chi connectivity index (χ3v) is 3.23. The van der Waals surface area contributed by atoms with E-state index in [1.165, 1.54) is 0 Å². The summed E-state index contributed by atoms with van der Waals surface area (Å²) in [7, 11) is 0. The van der Waals surface area contributed by atoms with Gasteiger partial charge in [-0.1, -0.05) is 60.7 Å². The lowest BCUT2D eigenvalue weighted by Gasteiger charge is -2.05. The van der Waals surface area contributed by atoms with Crippen molar-refractivity contribution in [1.82, 2.24) is 0 Å². The predicted molar refractivity (Wildman–Crippen MR) is 95.7 cm³/mol. The summed E-state index contributed by atoms with van der Waals surface area (Å²) < 4.78 is 0. The fourth-order valence-corrected chi connectivity index (χ4v) is 2.01. The number of para-hydroxylation sites is 2. The molecule has 0 radical (unpaired) electrons. The topological polar surface area (TPSA) is 69.3 Å². The van der Waals surface area contributed by atoms with Gasteiger partial charge < -0.3 is 5.11 Å². The molecule has 0 bridgehead atoms. The number of phenols is 1. The van der Waals surface area contributed by atoms with Gasteiger partial charge in [-0.3, -0.25) is 5.43 Å². The highest BCUT2D eigenvalue weighted by molar-refractivity contribution is 5.99. The van der Waals surface area contributed by atoms with Gasteiger partial charge in [-0.05, 0) is 24.3 Å². The van der Waals surface area contributed by atoms with Crippen molar-refractivity contribution in [2.24, 2.45) is 15.3 Å². The van der Waals surface area contributed by atoms with Crippen LogP contribution in [-0.4, -0.2) is 10.9 Å². The SMILES string of the molecule is Oc1ccccc1NN=C(N=Nc1ccccc1)c1ccccc1. The van der Waals surface area contributed by atoms with Crippen LogP contribution in [0, 0.1) is 0 Å². The number of anilines is 1. The molecule has 0 aliphatic carbocycles. The number of nitrogens with one attached hydrogen (secondary N) is 1. The number of rotatable bonds is 4. The molecule has 5 heteroatoms. The third-order valence-electron chi connectivity index (χ3n) is 3.23. The number of hydrogen-bond acceptors (Lipinski definition) is 4. The van der Waals surface area contributed by atoms with Crippen molar-refractivity contribution < 1.29 is 5.11 Å². The summed E-state index contributed by atoms with van der Waals surface area (Å²) in [6.07, 6.45) is 0. The van der Waals surface area contributed by atoms with Crippen molar-refractivity contribution in [1.29, 1.82) is 0 Å². The van der Waals surface area contributed by atoms with Crippen LogP contribution >= 0.6 is 0 Å². The minimum absolute atomic E-state index is 0.119. The van der Waals surface area contributed by atoms with E-state index in [9.17, 15) is 5.11 Å². The molecular formula is C19H16N4O. The number of phenolic OH excluding ortho intramolecular Hbond substituents is 1. The number of amidine groups is 1. The maximum absolute atomic E-state index is 9.82. The maximum Gasteiger partial charge on any atom is 0.201 e. The maximum atomic E-state index is 9.82. The molecule has 0 unspecified atom stereocenters. The zero-order valence-corrected chi connectivity index (χ0v) is 12.9. The first-order valence-corrected chi connectivity index (χ1v) is 7.47. The second kappa shape index (κ2) is 7.69. The van der Waals surface area contributed by atoms with Crippen LogP contribution in [0.3, 0.4) is 0 Å². The third kappa shape index (κ3) is 4.04. The summed E-state index contributed by atoms with van der Waals surface area (Å²) in [6.45, 7) is 0. The van der Waals surface area contributed by atoms with Crippen LogP contribution < -0.4 is 5.43 Å². The molecule has 0 aliphatic heterocycles. The first kappa shape index (κ1) is 15.4. The van der Waals surface area contributed by atoms with Gasteiger partial charge in [0.2, 0.25) is 5.84 Å². The molecule has 0 aliphatic rings. The van der Waals surface area contributed by atoms with Gasteiger partial charge in [0.1, 0.15) is 5.75 Å². The Morgan fingerprint density at radius 3 is 2.08 bits per heavy atom. The van der Waals surface area contributed by atoms with Crippen LogP contribution in [0.25, 0.3) is 0 Å². The Morgan fingerprint density at radius 2 is 1.38 bits per heavy atom. The highest BCUT2D eigenvalue weighted by Crippen LogP contribution is 2.21. The second-order valence-corrected chi connectivity index (χ2v) is 4.97. The number of hydrogen-bond donors (Lipinski definition) is 2. The van der Waals surface area contributed by atoms with Gasteiger partial charge in [-0.15, -0.1) is 10.2 Å². The molecule has 0 atom stereocenters. The smallest absolute Gasteiger partial charge is 0.201 e. The van der Waals surface area contributed by atoms with Gasteiger partial charge >= 0.3 is 0 Å². The van der Waals surface area contributed by atoms with Crippen molar-refractivity contribution in [3.05, 3.63) is 90.5 Å². The monoisotopic (exact) mass is 316 g/mol. The Balaban J connectivity index is 1.89. The summed E-state index contributed by atoms with van der Waals surface area (Å²) in [5.74, 6) is 0.538. The number of hydrazone groups is 1. The first-order valence-electron chi connectivity index (χ1n) is 7.47. The van der Waals surface area contributed by atoms with Crippen LogP contribution in [0.5, 0.6) is 5.75 Å². The van der Waals surface area contributed by atoms with E-state index in [0.29, 0.717) is 11.5 Å². The van der Waals surface area contributed by atoms with Gasteiger partial charge in [0.15, 0.2) is 0 Å². The molecule has 0 spiro atoms. The van der Waals surface area contributed by atoms with E-state index >= 15 is 0 Å². The standard InChI is InChI=1S/C19H16N4O/c24-18-14-8-7-13-17(18)21-23-19(15-9-3-1-4-10-15)22-20-16-11-5-2-6-12-16/h1-14,21,24H. The average Bonchev–Trinajstić information content (AvgIpc) is 2.65. The van der Waals surface area contributed by atoms with Crippen LogP contribution in [0.4, 0.5) is 11.4 Å². The number of azo groups is 1. The minimum Gasteiger partial charge on any atom is -0.506 e. The molecular weight excluding hydrogens is 300 g/mol. The number of benzene rings is 3. The second-order valence-electron chi connectivity index (χ2n) is 4.97. The van der Waals surface area contributed by atoms with Crippen molar-refractivity contribution in [2.75, 3.05) is 5.43 Å². The Kier molecular flexibility index (Phi) is 4.94. The molecule has 0 saturated heterocycles. The zero-order valence-electron chi connectivity index (χ0n) is 12.9. The summed E-state index contributed by atoms with van der Waals surface area (Å²) in [6, 6.07) is 25.9. The van der Waals surface area contributed by atoms with Crippen LogP contribution in [0.1, 0.15) is 5.56 Å². The molecule has 0 amide bonds. The van der Waals surface area contributed by atoms with Gasteiger partial charge in [-0.2, -0.15) is 5.10 Å². The highest BCUT2D eigenvalue weighted by atomic mass is 16.3. The number of nitrogens with zero attached hydrogens (tertiary/aromatic N) is 3. The van der Waals surface area contributed by atoms with Gasteiger partial charge in [0, 0.05) is 5.56 Å². The minimum atomic E-state index is 0.119. The van der Waals surface area contributed by atoms with E-state index in [4.69, 9.17) is 0 Å². The first-order chi connectivity index (χ1) is 11.8. The zero-order chi connectivity index (χ0) is 16.6. The molecule has 0 saturated carbocycles. The largest absolute Gasteiger partial charge is 0.506 e. The summed E-state index contributed by atoms with van der Waals surface area (Å²) in [4.78, 5) is 0. The predicted octanol–water partition coefficient (Wildman–Crippen LogP) is 4.95. The Morgan fingerprint density at radius 1 is 0.750 bits per heavy atom. The van der Waals surface area contributed by atoms with Crippen molar-refractivity contribution >= 4 is 17.2 Å². The summed E-state index contributed by atoms with van der Waals surface area (Å²) in [5.41, 5.74) is 4.89. The van der Waals surface area contributed by atoms with Gasteiger partial charge in [-0.25, -0.2) is 0 Å². The lowest BCUT2D eigenvalue weighted by Crippen LogP contribution is -2.01. The average molecular weight is 316 g/mol. The molecule has 0 heterocycles. The lowest BCUT2D eigenvalue weighted by molar-refractivity contribution is 0.477. The van der Waals surface area contributed by atoms with E-state index < -0.39 is 0 Å². The normalized spacial score (nSPS) is 11.6. The van der Waals surface area contributed by atoms with E-state index in [1.807, 2.05) is 66.7 Å². The molecule has 3 rings (SSSR count). The van der Waals surface area contributed by atoms with Crippen molar-refractivity contribution in [3.8, 4) is 5.75 Å². The van der Waals surface area contributed by atoms with E-state index in [2.05, 4.69) is 20.8 Å². The van der Waals surface area contributed by atoms with E-state index in [0.717, 1.165) is 11.3 Å². The van der Waals surface area contributed by atoms with Gasteiger partial charge in [0.05, 0.1) is 11.4 Å². The molecule has 5 nitrogen and oxygen atoms in total. The summed E-state index contributed by atoms with van der Waals surface area (Å²) >= 11 is 0. The quantitative estimate of drug-likeness (QED) is 0.235. The van der Waals surface area contributed by atoms with Crippen LogP contribution in [-0.2, 0) is 0 Å². The van der Waals surface area contributed by atoms with Crippen LogP contribution in [0.2, 0.25) is 0 Å². The molecule has 3 aromatic rings. The summed E-state index contributed by atoms with van der Waals surface area (Å²) in [5, 5.41) is 22.6. The van der Waals surface area contributed by atoms with E-state index in [1.54, 1.807) is 18.2 Å². The lowest BCUT2D eigenvalue weighted by atomic mass is 10.2. The molecule has 118 valence electrons. The van der Waals surface area contributed by atoms with Crippen LogP contribution in [0.15, 0.2) is 100 Å². The molecule has 24 heavy (non-hydrogen) atoms. The molecule has 0 fully saturated rings. The fraction of sp³-hybridized carbons (Fsp3) is 0. The molecule has 0 aromatic heterocycles. The Labute approximate surface area is 140 Å². The van der Waals surface area contributed by atoms with E-state index in [-0.39, 0.29) is 5.75 Å². The van der Waals surface area contributed by atoms with Crippen molar-refractivity contribution in [3.63, 3.8) is 0 Å². The fourth-order valence-electron chi connectivity index (χ4n) is 2.01.